The van der Waals surface area contributed by atoms with Crippen molar-refractivity contribution >= 4 is 39.3 Å². The van der Waals surface area contributed by atoms with Gasteiger partial charge >= 0.3 is 0 Å². The SMILES string of the molecule is CC(C)(C)CC(=O)N(CCc1ccccc1)C1CC(=O)N(c2ccc(Br)cc2)C1=O. The summed E-state index contributed by atoms with van der Waals surface area (Å²) in [5, 5.41) is 0. The highest BCUT2D eigenvalue weighted by Gasteiger charge is 2.44. The van der Waals surface area contributed by atoms with Crippen LogP contribution in [0, 0.1) is 5.41 Å². The van der Waals surface area contributed by atoms with Crippen LogP contribution in [0.3, 0.4) is 0 Å². The molecule has 1 atom stereocenters. The average molecular weight is 471 g/mol. The minimum absolute atomic E-state index is 0.0135. The maximum absolute atomic E-state index is 13.2. The molecule has 2 aromatic rings. The first-order chi connectivity index (χ1) is 14.2. The molecule has 0 N–H and O–H groups in total. The molecule has 3 amide bonds. The summed E-state index contributed by atoms with van der Waals surface area (Å²) in [5.74, 6) is -0.708. The Bertz CT molecular complexity index is 920. The number of benzene rings is 2. The Morgan fingerprint density at radius 2 is 1.70 bits per heavy atom. The molecular formula is C24H27BrN2O3. The average Bonchev–Trinajstić information content (AvgIpc) is 2.96. The van der Waals surface area contributed by atoms with Gasteiger partial charge in [0.05, 0.1) is 12.1 Å². The van der Waals surface area contributed by atoms with Gasteiger partial charge in [-0.05, 0) is 41.7 Å². The van der Waals surface area contributed by atoms with Crippen LogP contribution in [0.1, 0.15) is 39.2 Å². The third-order valence-electron chi connectivity index (χ3n) is 5.07. The number of carbonyl (C=O) groups excluding carboxylic acids is 3. The van der Waals surface area contributed by atoms with Crippen molar-refractivity contribution in [3.63, 3.8) is 0 Å². The molecule has 1 fully saturated rings. The van der Waals surface area contributed by atoms with E-state index in [0.717, 1.165) is 10.0 Å². The summed E-state index contributed by atoms with van der Waals surface area (Å²) >= 11 is 3.37. The Morgan fingerprint density at radius 3 is 2.30 bits per heavy atom. The fourth-order valence-electron chi connectivity index (χ4n) is 3.62. The Morgan fingerprint density at radius 1 is 1.07 bits per heavy atom. The van der Waals surface area contributed by atoms with E-state index in [-0.39, 0.29) is 29.6 Å². The third-order valence-corrected chi connectivity index (χ3v) is 5.60. The third kappa shape index (κ3) is 5.36. The van der Waals surface area contributed by atoms with Crippen molar-refractivity contribution in [1.82, 2.24) is 4.90 Å². The van der Waals surface area contributed by atoms with Gasteiger partial charge in [-0.3, -0.25) is 14.4 Å². The van der Waals surface area contributed by atoms with E-state index in [4.69, 9.17) is 0 Å². The molecule has 6 heteroatoms. The molecule has 0 aromatic heterocycles. The molecule has 0 aliphatic carbocycles. The number of nitrogens with zero attached hydrogens (tertiary/aromatic N) is 2. The highest BCUT2D eigenvalue weighted by atomic mass is 79.9. The van der Waals surface area contributed by atoms with Gasteiger partial charge in [0.2, 0.25) is 11.8 Å². The molecule has 1 aliphatic heterocycles. The first-order valence-corrected chi connectivity index (χ1v) is 10.9. The van der Waals surface area contributed by atoms with E-state index in [2.05, 4.69) is 15.9 Å². The predicted octanol–water partition coefficient (Wildman–Crippen LogP) is 4.59. The molecule has 5 nitrogen and oxygen atoms in total. The zero-order chi connectivity index (χ0) is 21.9. The molecule has 1 heterocycles. The van der Waals surface area contributed by atoms with Crippen molar-refractivity contribution in [3.8, 4) is 0 Å². The summed E-state index contributed by atoms with van der Waals surface area (Å²) in [6.45, 7) is 6.39. The second-order valence-electron chi connectivity index (χ2n) is 8.82. The number of rotatable bonds is 6. The van der Waals surface area contributed by atoms with Crippen LogP contribution in [0.4, 0.5) is 5.69 Å². The van der Waals surface area contributed by atoms with Crippen molar-refractivity contribution < 1.29 is 14.4 Å². The lowest BCUT2D eigenvalue weighted by molar-refractivity contribution is -0.139. The quantitative estimate of drug-likeness (QED) is 0.580. The molecule has 1 unspecified atom stereocenters. The summed E-state index contributed by atoms with van der Waals surface area (Å²) in [6.07, 6.45) is 0.963. The number of amides is 3. The van der Waals surface area contributed by atoms with Gasteiger partial charge in [0.15, 0.2) is 0 Å². The molecule has 0 radical (unpaired) electrons. The fraction of sp³-hybridized carbons (Fsp3) is 0.375. The van der Waals surface area contributed by atoms with Crippen molar-refractivity contribution in [2.24, 2.45) is 5.41 Å². The van der Waals surface area contributed by atoms with Gasteiger partial charge in [0, 0.05) is 17.4 Å². The van der Waals surface area contributed by atoms with Gasteiger partial charge in [0.1, 0.15) is 6.04 Å². The van der Waals surface area contributed by atoms with Crippen LogP contribution in [0.15, 0.2) is 59.1 Å². The molecule has 0 spiro atoms. The Labute approximate surface area is 186 Å². The highest BCUT2D eigenvalue weighted by Crippen LogP contribution is 2.29. The normalized spacial score (nSPS) is 16.8. The van der Waals surface area contributed by atoms with Gasteiger partial charge in [0.25, 0.3) is 5.91 Å². The van der Waals surface area contributed by atoms with E-state index in [1.807, 2.05) is 51.1 Å². The summed E-state index contributed by atoms with van der Waals surface area (Å²) in [7, 11) is 0. The number of halogens is 1. The van der Waals surface area contributed by atoms with Crippen LogP contribution in [0.25, 0.3) is 0 Å². The van der Waals surface area contributed by atoms with E-state index >= 15 is 0 Å². The lowest BCUT2D eigenvalue weighted by atomic mass is 9.91. The summed E-state index contributed by atoms with van der Waals surface area (Å²) in [4.78, 5) is 41.9. The highest BCUT2D eigenvalue weighted by molar-refractivity contribution is 9.10. The van der Waals surface area contributed by atoms with Gasteiger partial charge in [-0.1, -0.05) is 67.0 Å². The number of anilines is 1. The van der Waals surface area contributed by atoms with Crippen molar-refractivity contribution in [1.29, 1.82) is 0 Å². The van der Waals surface area contributed by atoms with Gasteiger partial charge in [-0.15, -0.1) is 0 Å². The molecule has 0 saturated carbocycles. The second kappa shape index (κ2) is 9.13. The van der Waals surface area contributed by atoms with E-state index in [9.17, 15) is 14.4 Å². The lowest BCUT2D eigenvalue weighted by Gasteiger charge is -2.30. The first kappa shape index (κ1) is 22.2. The van der Waals surface area contributed by atoms with Crippen molar-refractivity contribution in [2.45, 2.75) is 46.1 Å². The largest absolute Gasteiger partial charge is 0.330 e. The maximum Gasteiger partial charge on any atom is 0.257 e. The van der Waals surface area contributed by atoms with Crippen LogP contribution in [0.2, 0.25) is 0 Å². The minimum Gasteiger partial charge on any atom is -0.330 e. The topological polar surface area (TPSA) is 57.7 Å². The lowest BCUT2D eigenvalue weighted by Crippen LogP contribution is -2.47. The first-order valence-electron chi connectivity index (χ1n) is 10.1. The van der Waals surface area contributed by atoms with E-state index in [1.165, 1.54) is 4.90 Å². The Balaban J connectivity index is 1.84. The zero-order valence-corrected chi connectivity index (χ0v) is 19.2. The molecule has 1 saturated heterocycles. The van der Waals surface area contributed by atoms with Crippen molar-refractivity contribution in [3.05, 3.63) is 64.6 Å². The van der Waals surface area contributed by atoms with E-state index in [1.54, 1.807) is 29.2 Å². The summed E-state index contributed by atoms with van der Waals surface area (Å²) in [6, 6.07) is 16.1. The van der Waals surface area contributed by atoms with Crippen LogP contribution < -0.4 is 4.90 Å². The summed E-state index contributed by atoms with van der Waals surface area (Å²) < 4.78 is 0.867. The van der Waals surface area contributed by atoms with E-state index in [0.29, 0.717) is 25.1 Å². The van der Waals surface area contributed by atoms with E-state index < -0.39 is 6.04 Å². The molecule has 0 bridgehead atoms. The molecule has 2 aromatic carbocycles. The molecular weight excluding hydrogens is 444 g/mol. The Kier molecular flexibility index (Phi) is 6.76. The molecule has 3 rings (SSSR count). The monoisotopic (exact) mass is 470 g/mol. The van der Waals surface area contributed by atoms with Crippen LogP contribution in [-0.2, 0) is 20.8 Å². The van der Waals surface area contributed by atoms with Gasteiger partial charge in [-0.2, -0.15) is 0 Å². The predicted molar refractivity (Wildman–Crippen MR) is 121 cm³/mol. The van der Waals surface area contributed by atoms with Crippen LogP contribution in [0.5, 0.6) is 0 Å². The van der Waals surface area contributed by atoms with Crippen LogP contribution >= 0.6 is 15.9 Å². The maximum atomic E-state index is 13.2. The molecule has 30 heavy (non-hydrogen) atoms. The number of hydrogen-bond acceptors (Lipinski definition) is 3. The van der Waals surface area contributed by atoms with Gasteiger partial charge < -0.3 is 4.90 Å². The molecule has 1 aliphatic rings. The smallest absolute Gasteiger partial charge is 0.257 e. The Hall–Kier alpha value is -2.47. The number of carbonyl (C=O) groups is 3. The van der Waals surface area contributed by atoms with Crippen molar-refractivity contribution in [2.75, 3.05) is 11.4 Å². The molecule has 158 valence electrons. The van der Waals surface area contributed by atoms with Crippen LogP contribution in [-0.4, -0.2) is 35.2 Å². The number of imide groups is 1. The minimum atomic E-state index is -0.764. The number of hydrogen-bond donors (Lipinski definition) is 0. The standard InChI is InChI=1S/C24H27BrN2O3/c1-24(2,3)16-22(29)26(14-13-17-7-5-4-6-8-17)20-15-21(28)27(23(20)30)19-11-9-18(25)10-12-19/h4-12,20H,13-16H2,1-3H3. The summed E-state index contributed by atoms with van der Waals surface area (Å²) in [5.41, 5.74) is 1.41. The van der Waals surface area contributed by atoms with Gasteiger partial charge in [-0.25, -0.2) is 4.90 Å². The second-order valence-corrected chi connectivity index (χ2v) is 9.74. The fourth-order valence-corrected chi connectivity index (χ4v) is 3.89. The zero-order valence-electron chi connectivity index (χ0n) is 17.6.